The molecule has 2 N–H and O–H groups in total. The van der Waals surface area contributed by atoms with Crippen molar-refractivity contribution in [2.45, 2.75) is 24.7 Å². The average molecular weight is 287 g/mol. The van der Waals surface area contributed by atoms with Crippen molar-refractivity contribution in [1.82, 2.24) is 9.80 Å². The summed E-state index contributed by atoms with van der Waals surface area (Å²) in [4.78, 5) is 29.2. The first-order valence-electron chi connectivity index (χ1n) is 6.92. The zero-order chi connectivity index (χ0) is 15.3. The lowest BCUT2D eigenvalue weighted by molar-refractivity contribution is -0.119. The molecule has 0 aromatic rings. The second-order valence-corrected chi connectivity index (χ2v) is 6.09. The molecule has 0 aromatic heterocycles. The number of carbonyl (C=O) groups is 2. The Hall–Kier alpha value is -1.92. The van der Waals surface area contributed by atoms with Gasteiger partial charge >= 0.3 is 0 Å². The van der Waals surface area contributed by atoms with Gasteiger partial charge in [0.15, 0.2) is 5.72 Å². The Morgan fingerprint density at radius 3 is 2.67 bits per heavy atom. The molecule has 4 rings (SSSR count). The van der Waals surface area contributed by atoms with Gasteiger partial charge < -0.3 is 15.4 Å². The number of nitrogens with zero attached hydrogens (tertiary/aromatic N) is 2. The fraction of sp³-hybridized carbons (Fsp3) is 0.467. The lowest BCUT2D eigenvalue weighted by Gasteiger charge is -2.37. The first-order chi connectivity index (χ1) is 9.87. The molecule has 3 aliphatic heterocycles. The van der Waals surface area contributed by atoms with Crippen LogP contribution in [-0.2, 0) is 14.3 Å². The normalized spacial score (nSPS) is 40.8. The number of nitrogens with two attached hydrogens (primary N) is 1. The molecule has 110 valence electrons. The van der Waals surface area contributed by atoms with Crippen LogP contribution in [0.4, 0.5) is 0 Å². The molecule has 2 saturated heterocycles. The number of allylic oxidation sites excluding steroid dienone is 2. The van der Waals surface area contributed by atoms with Crippen LogP contribution in [0.5, 0.6) is 0 Å². The number of methoxy groups -OCH3 is 1. The smallest absolute Gasteiger partial charge is 0.211 e. The van der Waals surface area contributed by atoms with E-state index in [0.717, 1.165) is 0 Å². The molecule has 0 aromatic carbocycles. The van der Waals surface area contributed by atoms with Crippen LogP contribution in [0.3, 0.4) is 0 Å². The quantitative estimate of drug-likeness (QED) is 0.519. The minimum absolute atomic E-state index is 0.0213. The lowest BCUT2D eigenvalue weighted by atomic mass is 9.87. The summed E-state index contributed by atoms with van der Waals surface area (Å²) in [6.45, 7) is 6.34. The molecular formula is C15H17N3O3. The molecule has 0 bridgehead atoms. The molecule has 0 spiro atoms. The van der Waals surface area contributed by atoms with Gasteiger partial charge in [0.1, 0.15) is 0 Å². The van der Waals surface area contributed by atoms with E-state index < -0.39 is 5.72 Å². The highest BCUT2D eigenvalue weighted by Crippen LogP contribution is 2.58. The summed E-state index contributed by atoms with van der Waals surface area (Å²) in [7, 11) is 3.61. The van der Waals surface area contributed by atoms with Crippen LogP contribution < -0.4 is 5.73 Å². The third-order valence-electron chi connectivity index (χ3n) is 5.39. The van der Waals surface area contributed by atoms with Crippen LogP contribution in [0.1, 0.15) is 6.92 Å². The predicted octanol–water partition coefficient (Wildman–Crippen LogP) is -0.464. The maximum atomic E-state index is 12.6. The van der Waals surface area contributed by atoms with E-state index in [4.69, 9.17) is 10.5 Å². The van der Waals surface area contributed by atoms with Crippen LogP contribution in [0, 0.1) is 0 Å². The Balaban J connectivity index is 1.91. The van der Waals surface area contributed by atoms with E-state index in [2.05, 4.69) is 11.5 Å². The maximum Gasteiger partial charge on any atom is 0.211 e. The highest BCUT2D eigenvalue weighted by Gasteiger charge is 2.73. The van der Waals surface area contributed by atoms with Gasteiger partial charge in [-0.15, -0.1) is 0 Å². The largest absolute Gasteiger partial charge is 0.395 e. The number of hydrogen-bond acceptors (Lipinski definition) is 6. The molecule has 1 aliphatic carbocycles. The first-order valence-corrected chi connectivity index (χ1v) is 6.92. The summed E-state index contributed by atoms with van der Waals surface area (Å²) in [5, 5.41) is 0. The van der Waals surface area contributed by atoms with Crippen LogP contribution in [0.25, 0.3) is 0 Å². The Kier molecular flexibility index (Phi) is 2.10. The van der Waals surface area contributed by atoms with E-state index in [1.165, 1.54) is 0 Å². The average Bonchev–Trinajstić information content (AvgIpc) is 2.86. The number of ether oxygens (including phenoxy) is 1. The van der Waals surface area contributed by atoms with Crippen molar-refractivity contribution in [1.29, 1.82) is 0 Å². The fourth-order valence-electron chi connectivity index (χ4n) is 4.15. The van der Waals surface area contributed by atoms with Crippen molar-refractivity contribution in [2.75, 3.05) is 20.7 Å². The Morgan fingerprint density at radius 1 is 1.38 bits per heavy atom. The number of rotatable bonds is 1. The zero-order valence-corrected chi connectivity index (χ0v) is 12.3. The van der Waals surface area contributed by atoms with E-state index in [1.807, 2.05) is 11.9 Å². The van der Waals surface area contributed by atoms with E-state index >= 15 is 0 Å². The van der Waals surface area contributed by atoms with Crippen molar-refractivity contribution >= 4 is 11.6 Å². The molecule has 0 saturated carbocycles. The van der Waals surface area contributed by atoms with E-state index in [1.54, 1.807) is 14.0 Å². The van der Waals surface area contributed by atoms with Crippen LogP contribution in [-0.4, -0.2) is 59.9 Å². The monoisotopic (exact) mass is 287 g/mol. The molecule has 3 heterocycles. The van der Waals surface area contributed by atoms with Gasteiger partial charge in [0.2, 0.25) is 11.6 Å². The summed E-state index contributed by atoms with van der Waals surface area (Å²) in [6, 6.07) is 0.463. The molecule has 4 atom stereocenters. The molecule has 6 heteroatoms. The van der Waals surface area contributed by atoms with Crippen molar-refractivity contribution in [3.8, 4) is 0 Å². The number of fused-ring (bicyclic) bond motifs is 4. The molecule has 4 aliphatic rings. The second kappa shape index (κ2) is 3.45. The molecule has 0 radical (unpaired) electrons. The summed E-state index contributed by atoms with van der Waals surface area (Å²) < 4.78 is 5.80. The van der Waals surface area contributed by atoms with Crippen molar-refractivity contribution in [3.05, 3.63) is 34.7 Å². The third-order valence-corrected chi connectivity index (χ3v) is 5.39. The number of Topliss-reactive ketones (excluding diaryl/α,β-unsaturated/α-hetero) is 2. The number of likely N-dealkylation sites (N-methyl/N-ethyl adjacent to an activating group) is 1. The van der Waals surface area contributed by atoms with E-state index in [0.29, 0.717) is 35.0 Å². The maximum absolute atomic E-state index is 12.6. The minimum Gasteiger partial charge on any atom is -0.395 e. The van der Waals surface area contributed by atoms with Crippen molar-refractivity contribution in [3.63, 3.8) is 0 Å². The number of piperazine rings is 1. The first kappa shape index (κ1) is 12.8. The van der Waals surface area contributed by atoms with E-state index in [9.17, 15) is 9.59 Å². The van der Waals surface area contributed by atoms with Crippen molar-refractivity contribution < 1.29 is 14.3 Å². The Morgan fingerprint density at radius 2 is 2.05 bits per heavy atom. The van der Waals surface area contributed by atoms with Gasteiger partial charge in [-0.25, -0.2) is 0 Å². The molecular weight excluding hydrogens is 270 g/mol. The third kappa shape index (κ3) is 1.10. The number of ketones is 2. The number of carbonyl (C=O) groups excluding carboxylic acids is 2. The van der Waals surface area contributed by atoms with Gasteiger partial charge in [-0.2, -0.15) is 0 Å². The minimum atomic E-state index is -0.805. The summed E-state index contributed by atoms with van der Waals surface area (Å²) >= 11 is 0. The molecule has 6 nitrogen and oxygen atoms in total. The topological polar surface area (TPSA) is 75.6 Å². The molecule has 0 amide bonds. The number of hydrogen-bond donors (Lipinski definition) is 1. The predicted molar refractivity (Wildman–Crippen MR) is 74.9 cm³/mol. The van der Waals surface area contributed by atoms with Gasteiger partial charge in [-0.05, 0) is 14.0 Å². The highest BCUT2D eigenvalue weighted by molar-refractivity contribution is 6.27. The van der Waals surface area contributed by atoms with Gasteiger partial charge in [0, 0.05) is 30.8 Å². The van der Waals surface area contributed by atoms with E-state index in [-0.39, 0.29) is 23.3 Å². The Labute approximate surface area is 122 Å². The SMILES string of the molecule is C=C1C2=C(C(=O)C(C)=C(N)C2=O)N2CC3C(N3C)C12OC. The summed E-state index contributed by atoms with van der Waals surface area (Å²) in [6.07, 6.45) is 0. The van der Waals surface area contributed by atoms with Crippen LogP contribution in [0.2, 0.25) is 0 Å². The van der Waals surface area contributed by atoms with Gasteiger partial charge in [0.25, 0.3) is 0 Å². The second-order valence-electron chi connectivity index (χ2n) is 6.09. The van der Waals surface area contributed by atoms with Gasteiger partial charge in [-0.1, -0.05) is 6.58 Å². The van der Waals surface area contributed by atoms with Crippen LogP contribution in [0.15, 0.2) is 34.7 Å². The Bertz CT molecular complexity index is 705. The zero-order valence-electron chi connectivity index (χ0n) is 12.3. The van der Waals surface area contributed by atoms with Crippen molar-refractivity contribution in [2.24, 2.45) is 5.73 Å². The highest BCUT2D eigenvalue weighted by atomic mass is 16.5. The molecule has 21 heavy (non-hydrogen) atoms. The van der Waals surface area contributed by atoms with Gasteiger partial charge in [0.05, 0.1) is 23.0 Å². The molecule has 2 fully saturated rings. The standard InChI is InChI=1S/C15H17N3O3/c1-6-10(16)13(20)9-7(2)15(21-4)14-8(17(14)3)5-18(15)11(9)12(6)19/h8,14H,2,5,16H2,1,3-4H3. The van der Waals surface area contributed by atoms with Gasteiger partial charge in [-0.3, -0.25) is 14.5 Å². The fourth-order valence-corrected chi connectivity index (χ4v) is 4.15. The molecule has 4 unspecified atom stereocenters. The lowest BCUT2D eigenvalue weighted by Crippen LogP contribution is -2.50. The van der Waals surface area contributed by atoms with Crippen LogP contribution >= 0.6 is 0 Å². The summed E-state index contributed by atoms with van der Waals surface area (Å²) in [5.41, 5.74) is 6.64. The summed E-state index contributed by atoms with van der Waals surface area (Å²) in [5.74, 6) is -0.496.